The van der Waals surface area contributed by atoms with E-state index in [1.807, 2.05) is 48.6 Å². The zero-order chi connectivity index (χ0) is 18.4. The molecule has 3 rings (SSSR count). The van der Waals surface area contributed by atoms with Crippen LogP contribution < -0.4 is 10.2 Å². The Hall–Kier alpha value is -2.89. The van der Waals surface area contributed by atoms with Crippen molar-refractivity contribution in [3.8, 4) is 0 Å². The van der Waals surface area contributed by atoms with Crippen LogP contribution in [0.4, 0.5) is 5.69 Å². The molecule has 0 saturated carbocycles. The van der Waals surface area contributed by atoms with Gasteiger partial charge in [0.05, 0.1) is 6.20 Å². The van der Waals surface area contributed by atoms with Gasteiger partial charge in [-0.3, -0.25) is 14.3 Å². The zero-order valence-electron chi connectivity index (χ0n) is 15.0. The fraction of sp³-hybridized carbons (Fsp3) is 0.350. The Morgan fingerprint density at radius 1 is 1.31 bits per heavy atom. The quantitative estimate of drug-likeness (QED) is 0.614. The Morgan fingerprint density at radius 3 is 2.77 bits per heavy atom. The van der Waals surface area contributed by atoms with E-state index >= 15 is 0 Å². The summed E-state index contributed by atoms with van der Waals surface area (Å²) in [7, 11) is 1.89. The number of carbonyl (C=O) groups is 2. The first-order chi connectivity index (χ1) is 12.6. The van der Waals surface area contributed by atoms with Crippen LogP contribution in [-0.4, -0.2) is 34.7 Å². The highest BCUT2D eigenvalue weighted by atomic mass is 16.2. The first-order valence-electron chi connectivity index (χ1n) is 8.96. The second-order valence-corrected chi connectivity index (χ2v) is 6.49. The Morgan fingerprint density at radius 2 is 2.12 bits per heavy atom. The van der Waals surface area contributed by atoms with E-state index in [-0.39, 0.29) is 11.8 Å². The number of benzene rings is 1. The van der Waals surface area contributed by atoms with Crippen LogP contribution in [0.5, 0.6) is 0 Å². The lowest BCUT2D eigenvalue weighted by Crippen LogP contribution is -2.23. The van der Waals surface area contributed by atoms with Gasteiger partial charge >= 0.3 is 0 Å². The summed E-state index contributed by atoms with van der Waals surface area (Å²) in [5.74, 6) is 0.0777. The van der Waals surface area contributed by atoms with Crippen molar-refractivity contribution in [1.82, 2.24) is 15.1 Å². The third kappa shape index (κ3) is 4.81. The van der Waals surface area contributed by atoms with Gasteiger partial charge in [-0.15, -0.1) is 0 Å². The van der Waals surface area contributed by atoms with Gasteiger partial charge in [0.25, 0.3) is 0 Å². The average Bonchev–Trinajstić information content (AvgIpc) is 3.25. The van der Waals surface area contributed by atoms with E-state index < -0.39 is 0 Å². The fourth-order valence-electron chi connectivity index (χ4n) is 3.02. The van der Waals surface area contributed by atoms with Crippen molar-refractivity contribution in [3.63, 3.8) is 0 Å². The topological polar surface area (TPSA) is 67.2 Å². The molecule has 0 unspecified atom stereocenters. The maximum atomic E-state index is 11.9. The van der Waals surface area contributed by atoms with Gasteiger partial charge < -0.3 is 10.2 Å². The SMILES string of the molecule is Cn1cc(CCCNC(=O)/C=C/c2ccc(N3CCCC3=O)cc2)cn1. The van der Waals surface area contributed by atoms with Crippen LogP contribution in [0.15, 0.2) is 42.7 Å². The predicted octanol–water partition coefficient (Wildman–Crippen LogP) is 2.31. The molecule has 26 heavy (non-hydrogen) atoms. The summed E-state index contributed by atoms with van der Waals surface area (Å²) in [5.41, 5.74) is 3.03. The molecule has 0 spiro atoms. The normalized spacial score (nSPS) is 14.3. The Balaban J connectivity index is 1.42. The van der Waals surface area contributed by atoms with Crippen LogP contribution in [0, 0.1) is 0 Å². The van der Waals surface area contributed by atoms with Crippen LogP contribution in [0.3, 0.4) is 0 Å². The molecule has 0 atom stereocenters. The molecular formula is C20H24N4O2. The Labute approximate surface area is 153 Å². The lowest BCUT2D eigenvalue weighted by atomic mass is 10.2. The van der Waals surface area contributed by atoms with Gasteiger partial charge in [-0.05, 0) is 48.6 Å². The van der Waals surface area contributed by atoms with Gasteiger partial charge in [0.2, 0.25) is 11.8 Å². The summed E-state index contributed by atoms with van der Waals surface area (Å²) >= 11 is 0. The zero-order valence-corrected chi connectivity index (χ0v) is 15.0. The number of nitrogens with one attached hydrogen (secondary N) is 1. The van der Waals surface area contributed by atoms with E-state index in [0.29, 0.717) is 13.0 Å². The molecule has 1 aliphatic rings. The summed E-state index contributed by atoms with van der Waals surface area (Å²) in [6, 6.07) is 7.70. The number of aryl methyl sites for hydroxylation is 2. The van der Waals surface area contributed by atoms with Gasteiger partial charge in [0.15, 0.2) is 0 Å². The summed E-state index contributed by atoms with van der Waals surface area (Å²) in [6.45, 7) is 1.42. The molecule has 6 nitrogen and oxygen atoms in total. The Kier molecular flexibility index (Phi) is 5.84. The summed E-state index contributed by atoms with van der Waals surface area (Å²) in [4.78, 5) is 25.4. The van der Waals surface area contributed by atoms with Crippen LogP contribution in [0.1, 0.15) is 30.4 Å². The van der Waals surface area contributed by atoms with Gasteiger partial charge in [0.1, 0.15) is 0 Å². The largest absolute Gasteiger partial charge is 0.353 e. The van der Waals surface area contributed by atoms with Crippen molar-refractivity contribution in [1.29, 1.82) is 0 Å². The number of nitrogens with zero attached hydrogens (tertiary/aromatic N) is 3. The van der Waals surface area contributed by atoms with E-state index in [0.717, 1.165) is 37.1 Å². The predicted molar refractivity (Wildman–Crippen MR) is 102 cm³/mol. The standard InChI is InChI=1S/C20H24N4O2/c1-23-15-17(14-22-23)4-2-12-21-19(25)11-8-16-6-9-18(10-7-16)24-13-3-5-20(24)26/h6-11,14-15H,2-5,12-13H2,1H3,(H,21,25)/b11-8+. The number of hydrogen-bond acceptors (Lipinski definition) is 3. The molecule has 1 saturated heterocycles. The van der Waals surface area contributed by atoms with Crippen molar-refractivity contribution in [2.75, 3.05) is 18.0 Å². The first kappa shape index (κ1) is 17.9. The molecule has 6 heteroatoms. The van der Waals surface area contributed by atoms with Crippen molar-refractivity contribution < 1.29 is 9.59 Å². The lowest BCUT2D eigenvalue weighted by molar-refractivity contribution is -0.117. The summed E-state index contributed by atoms with van der Waals surface area (Å²) in [5, 5.41) is 7.01. The summed E-state index contributed by atoms with van der Waals surface area (Å²) in [6.07, 6.45) is 10.5. The van der Waals surface area contributed by atoms with E-state index in [9.17, 15) is 9.59 Å². The minimum absolute atomic E-state index is 0.102. The van der Waals surface area contributed by atoms with Crippen LogP contribution in [-0.2, 0) is 23.1 Å². The smallest absolute Gasteiger partial charge is 0.243 e. The van der Waals surface area contributed by atoms with E-state index in [1.165, 1.54) is 5.56 Å². The molecule has 1 aromatic carbocycles. The van der Waals surface area contributed by atoms with Gasteiger partial charge in [-0.25, -0.2) is 0 Å². The van der Waals surface area contributed by atoms with Gasteiger partial charge in [-0.1, -0.05) is 12.1 Å². The van der Waals surface area contributed by atoms with Crippen LogP contribution >= 0.6 is 0 Å². The number of anilines is 1. The minimum atomic E-state index is -0.102. The molecule has 0 aliphatic carbocycles. The molecule has 2 amide bonds. The molecule has 1 aliphatic heterocycles. The van der Waals surface area contributed by atoms with Gasteiger partial charge in [0, 0.05) is 44.5 Å². The van der Waals surface area contributed by atoms with Crippen LogP contribution in [0.2, 0.25) is 0 Å². The molecule has 136 valence electrons. The third-order valence-electron chi connectivity index (χ3n) is 4.41. The molecule has 0 radical (unpaired) electrons. The number of amides is 2. The molecule has 2 aromatic rings. The van der Waals surface area contributed by atoms with Crippen LogP contribution in [0.25, 0.3) is 6.08 Å². The van der Waals surface area contributed by atoms with E-state index in [2.05, 4.69) is 10.4 Å². The van der Waals surface area contributed by atoms with Crippen molar-refractivity contribution in [2.45, 2.75) is 25.7 Å². The third-order valence-corrected chi connectivity index (χ3v) is 4.41. The minimum Gasteiger partial charge on any atom is -0.353 e. The lowest BCUT2D eigenvalue weighted by Gasteiger charge is -2.15. The molecule has 0 bridgehead atoms. The Bertz CT molecular complexity index is 792. The number of aromatic nitrogens is 2. The van der Waals surface area contributed by atoms with E-state index in [4.69, 9.17) is 0 Å². The highest BCUT2D eigenvalue weighted by Crippen LogP contribution is 2.21. The highest BCUT2D eigenvalue weighted by molar-refractivity contribution is 5.95. The number of rotatable bonds is 7. The summed E-state index contributed by atoms with van der Waals surface area (Å²) < 4.78 is 1.78. The highest BCUT2D eigenvalue weighted by Gasteiger charge is 2.21. The fourth-order valence-corrected chi connectivity index (χ4v) is 3.02. The molecular weight excluding hydrogens is 328 g/mol. The van der Waals surface area contributed by atoms with Crippen molar-refractivity contribution in [3.05, 3.63) is 53.9 Å². The van der Waals surface area contributed by atoms with Gasteiger partial charge in [-0.2, -0.15) is 5.10 Å². The molecule has 1 N–H and O–H groups in total. The maximum Gasteiger partial charge on any atom is 0.243 e. The van der Waals surface area contributed by atoms with Crippen molar-refractivity contribution in [2.24, 2.45) is 7.05 Å². The molecule has 1 aromatic heterocycles. The first-order valence-corrected chi connectivity index (χ1v) is 8.96. The van der Waals surface area contributed by atoms with E-state index in [1.54, 1.807) is 16.8 Å². The number of carbonyl (C=O) groups excluding carboxylic acids is 2. The molecule has 1 fully saturated rings. The maximum absolute atomic E-state index is 11.9. The van der Waals surface area contributed by atoms with Crippen molar-refractivity contribution >= 4 is 23.6 Å². The second kappa shape index (κ2) is 8.47. The number of hydrogen-bond donors (Lipinski definition) is 1. The average molecular weight is 352 g/mol. The monoisotopic (exact) mass is 352 g/mol. The second-order valence-electron chi connectivity index (χ2n) is 6.49. The molecule has 2 heterocycles.